The molecule has 64 heavy (non-hydrogen) atoms. The second-order valence-electron chi connectivity index (χ2n) is 17.0. The molecule has 0 amide bonds. The third-order valence-electron chi connectivity index (χ3n) is 13.6. The van der Waals surface area contributed by atoms with E-state index >= 15 is 0 Å². The molecule has 0 aromatic heterocycles. The van der Waals surface area contributed by atoms with E-state index < -0.39 is 0 Å². The van der Waals surface area contributed by atoms with Crippen molar-refractivity contribution in [3.05, 3.63) is 243 Å². The van der Waals surface area contributed by atoms with Crippen molar-refractivity contribution in [1.29, 1.82) is 0 Å². The molecule has 0 N–H and O–H groups in total. The highest BCUT2D eigenvalue weighted by atomic mass is 14.3. The first kappa shape index (κ1) is 36.3. The summed E-state index contributed by atoms with van der Waals surface area (Å²) in [5, 5.41) is 10.2. The van der Waals surface area contributed by atoms with Crippen LogP contribution in [0.2, 0.25) is 0 Å². The van der Waals surface area contributed by atoms with Gasteiger partial charge in [0.15, 0.2) is 0 Å². The number of benzene rings is 12. The lowest BCUT2D eigenvalue weighted by Gasteiger charge is -2.20. The molecule has 0 heteroatoms. The van der Waals surface area contributed by atoms with Crippen LogP contribution in [0.15, 0.2) is 243 Å². The van der Waals surface area contributed by atoms with Gasteiger partial charge in [-0.2, -0.15) is 0 Å². The Morgan fingerprint density at radius 2 is 0.578 bits per heavy atom. The summed E-state index contributed by atoms with van der Waals surface area (Å²) in [5.41, 5.74) is 20.1. The summed E-state index contributed by atoms with van der Waals surface area (Å²) in [4.78, 5) is 0. The summed E-state index contributed by atoms with van der Waals surface area (Å²) < 4.78 is 0. The first-order valence-electron chi connectivity index (χ1n) is 22.3. The van der Waals surface area contributed by atoms with Gasteiger partial charge in [0.1, 0.15) is 0 Å². The molecule has 0 spiro atoms. The lowest BCUT2D eigenvalue weighted by Crippen LogP contribution is -1.93. The molecule has 12 aromatic carbocycles. The van der Waals surface area contributed by atoms with Crippen LogP contribution in [0.1, 0.15) is 0 Å². The minimum absolute atomic E-state index is 1.20. The van der Waals surface area contributed by atoms with Crippen LogP contribution < -0.4 is 0 Å². The minimum atomic E-state index is 1.20. The molecule has 0 saturated heterocycles. The summed E-state index contributed by atoms with van der Waals surface area (Å²) in [7, 11) is 0. The molecule has 13 rings (SSSR count). The number of rotatable bonds is 6. The molecule has 1 aliphatic carbocycles. The Hall–Kier alpha value is -8.32. The van der Waals surface area contributed by atoms with Gasteiger partial charge in [-0.15, -0.1) is 0 Å². The summed E-state index contributed by atoms with van der Waals surface area (Å²) in [5.74, 6) is 0. The summed E-state index contributed by atoms with van der Waals surface area (Å²) in [6.45, 7) is 0. The Morgan fingerprint density at radius 3 is 1.14 bits per heavy atom. The van der Waals surface area contributed by atoms with Crippen LogP contribution in [0.4, 0.5) is 0 Å². The van der Waals surface area contributed by atoms with E-state index in [1.807, 2.05) is 0 Å². The van der Waals surface area contributed by atoms with Gasteiger partial charge in [0, 0.05) is 0 Å². The Balaban J connectivity index is 1.03. The van der Waals surface area contributed by atoms with Gasteiger partial charge in [-0.3, -0.25) is 0 Å². The Bertz CT molecular complexity index is 3770. The molecule has 0 bridgehead atoms. The summed E-state index contributed by atoms with van der Waals surface area (Å²) in [6, 6.07) is 89.7. The van der Waals surface area contributed by atoms with Crippen LogP contribution >= 0.6 is 0 Å². The van der Waals surface area contributed by atoms with E-state index in [4.69, 9.17) is 0 Å². The zero-order valence-electron chi connectivity index (χ0n) is 35.1. The Kier molecular flexibility index (Phi) is 8.32. The summed E-state index contributed by atoms with van der Waals surface area (Å²) in [6.07, 6.45) is 0. The lowest BCUT2D eigenvalue weighted by atomic mass is 9.82. The van der Waals surface area contributed by atoms with Gasteiger partial charge in [-0.25, -0.2) is 0 Å². The highest BCUT2D eigenvalue weighted by molar-refractivity contribution is 6.28. The lowest BCUT2D eigenvalue weighted by molar-refractivity contribution is 1.61. The van der Waals surface area contributed by atoms with E-state index in [1.54, 1.807) is 0 Å². The second kappa shape index (κ2) is 14.7. The summed E-state index contributed by atoms with van der Waals surface area (Å²) >= 11 is 0. The van der Waals surface area contributed by atoms with Crippen molar-refractivity contribution < 1.29 is 0 Å². The van der Waals surface area contributed by atoms with Crippen LogP contribution in [0.3, 0.4) is 0 Å². The topological polar surface area (TPSA) is 0 Å². The predicted molar refractivity (Wildman–Crippen MR) is 274 cm³/mol. The molecule has 0 nitrogen and oxygen atoms in total. The first-order valence-corrected chi connectivity index (χ1v) is 22.3. The van der Waals surface area contributed by atoms with Crippen LogP contribution in [0.5, 0.6) is 0 Å². The Labute approximate surface area is 373 Å². The maximum Gasteiger partial charge on any atom is -0.000720 e. The van der Waals surface area contributed by atoms with Gasteiger partial charge in [0.2, 0.25) is 0 Å². The van der Waals surface area contributed by atoms with Crippen LogP contribution in [-0.4, -0.2) is 0 Å². The molecular weight excluding hydrogens is 769 g/mol. The molecule has 12 aromatic rings. The molecule has 0 heterocycles. The average Bonchev–Trinajstić information content (AvgIpc) is 3.69. The van der Waals surface area contributed by atoms with Crippen molar-refractivity contribution in [2.75, 3.05) is 0 Å². The number of hydrogen-bond donors (Lipinski definition) is 0. The van der Waals surface area contributed by atoms with E-state index in [2.05, 4.69) is 243 Å². The molecule has 1 aliphatic rings. The maximum absolute atomic E-state index is 2.46. The maximum atomic E-state index is 2.46. The fourth-order valence-electron chi connectivity index (χ4n) is 10.9. The molecule has 0 aliphatic heterocycles. The van der Waals surface area contributed by atoms with Crippen molar-refractivity contribution in [3.8, 4) is 89.0 Å². The van der Waals surface area contributed by atoms with Gasteiger partial charge < -0.3 is 0 Å². The highest BCUT2D eigenvalue weighted by Crippen LogP contribution is 2.58. The monoisotopic (exact) mass is 808 g/mol. The normalized spacial score (nSPS) is 11.8. The van der Waals surface area contributed by atoms with Gasteiger partial charge >= 0.3 is 0 Å². The van der Waals surface area contributed by atoms with E-state index in [9.17, 15) is 0 Å². The smallest absolute Gasteiger partial charge is 0.000720 e. The highest BCUT2D eigenvalue weighted by Gasteiger charge is 2.31. The van der Waals surface area contributed by atoms with Crippen LogP contribution in [-0.2, 0) is 0 Å². The molecule has 0 unspecified atom stereocenters. The predicted octanol–water partition coefficient (Wildman–Crippen LogP) is 17.9. The zero-order chi connectivity index (χ0) is 42.1. The minimum Gasteiger partial charge on any atom is -0.0622 e. The molecule has 0 radical (unpaired) electrons. The number of hydrogen-bond acceptors (Lipinski definition) is 0. The quantitative estimate of drug-likeness (QED) is 0.147. The van der Waals surface area contributed by atoms with Crippen molar-refractivity contribution in [1.82, 2.24) is 0 Å². The van der Waals surface area contributed by atoms with Crippen molar-refractivity contribution in [3.63, 3.8) is 0 Å². The zero-order valence-corrected chi connectivity index (χ0v) is 35.1. The van der Waals surface area contributed by atoms with Crippen LogP contribution in [0, 0.1) is 0 Å². The van der Waals surface area contributed by atoms with Gasteiger partial charge in [-0.1, -0.05) is 231 Å². The molecular formula is C64H40. The third-order valence-corrected chi connectivity index (χ3v) is 13.6. The van der Waals surface area contributed by atoms with E-state index in [0.717, 1.165) is 0 Å². The average molecular weight is 809 g/mol. The molecule has 0 saturated carbocycles. The Morgan fingerprint density at radius 1 is 0.172 bits per heavy atom. The first-order chi connectivity index (χ1) is 31.8. The van der Waals surface area contributed by atoms with Crippen molar-refractivity contribution in [2.45, 2.75) is 0 Å². The van der Waals surface area contributed by atoms with Gasteiger partial charge in [-0.05, 0) is 144 Å². The van der Waals surface area contributed by atoms with Crippen molar-refractivity contribution in [2.24, 2.45) is 0 Å². The second-order valence-corrected chi connectivity index (χ2v) is 17.0. The molecule has 0 atom stereocenters. The standard InChI is InChI=1S/C64H40/c1-5-19-43(20-6-1)57-50-28-13-14-29-51(50)59(44-21-7-2-8-22-44)62-49(32-18-34-54(57)62)42-37-35-41(36-38-42)48-39-47-27-17-33-55-58(47)56(40-48)64-61(46-25-11-4-12-26-46)53-31-16-15-30-52(53)60(63(55)64)45-23-9-3-10-24-45/h1-40H. The van der Waals surface area contributed by atoms with E-state index in [1.165, 1.54) is 132 Å². The molecule has 296 valence electrons. The van der Waals surface area contributed by atoms with Crippen molar-refractivity contribution >= 4 is 43.1 Å². The fraction of sp³-hybridized carbons (Fsp3) is 0. The van der Waals surface area contributed by atoms with Gasteiger partial charge in [0.05, 0.1) is 0 Å². The molecule has 0 fully saturated rings. The number of fused-ring (bicyclic) bond motifs is 6. The third kappa shape index (κ3) is 5.56. The largest absolute Gasteiger partial charge is 0.0622 e. The van der Waals surface area contributed by atoms with Crippen LogP contribution in [0.25, 0.3) is 132 Å². The fourth-order valence-corrected chi connectivity index (χ4v) is 10.9. The van der Waals surface area contributed by atoms with E-state index in [-0.39, 0.29) is 0 Å². The van der Waals surface area contributed by atoms with E-state index in [0.29, 0.717) is 0 Å². The van der Waals surface area contributed by atoms with Gasteiger partial charge in [0.25, 0.3) is 0 Å². The SMILES string of the molecule is c1ccc(-c2c3c(c(-c4ccccc4)c4ccccc24)-c2cc(-c4ccc(-c5cccc6c(-c7ccccc7)c7ccccc7c(-c7ccccc7)c56)cc4)cc4cccc-3c24)cc1.